The van der Waals surface area contributed by atoms with Gasteiger partial charge in [-0.3, -0.25) is 4.79 Å². The smallest absolute Gasteiger partial charge is 0.161 e. The first-order valence-corrected chi connectivity index (χ1v) is 4.75. The summed E-state index contributed by atoms with van der Waals surface area (Å²) in [6.07, 6.45) is 3.94. The molecule has 0 amide bonds. The van der Waals surface area contributed by atoms with Gasteiger partial charge in [0.15, 0.2) is 17.8 Å². The first-order chi connectivity index (χ1) is 7.76. The van der Waals surface area contributed by atoms with E-state index in [1.54, 1.807) is 24.3 Å². The van der Waals surface area contributed by atoms with Crippen LogP contribution in [0.4, 0.5) is 0 Å². The highest BCUT2D eigenvalue weighted by molar-refractivity contribution is 5.83. The summed E-state index contributed by atoms with van der Waals surface area (Å²) in [5.41, 5.74) is 1.17. The number of aliphatic hydroxyl groups is 1. The average Bonchev–Trinajstić information content (AvgIpc) is 2.35. The van der Waals surface area contributed by atoms with E-state index in [0.717, 1.165) is 6.29 Å². The van der Waals surface area contributed by atoms with E-state index in [9.17, 15) is 4.79 Å². The second kappa shape index (κ2) is 5.92. The first kappa shape index (κ1) is 12.3. The largest absolute Gasteiger partial charge is 0.493 e. The van der Waals surface area contributed by atoms with Gasteiger partial charge in [0.05, 0.1) is 20.8 Å². The fraction of sp³-hybridized carbons (Fsp3) is 0.250. The molecule has 0 radical (unpaired) electrons. The number of carbonyl (C=O) groups is 1. The molecule has 0 aliphatic carbocycles. The molecule has 0 saturated heterocycles. The van der Waals surface area contributed by atoms with Crippen LogP contribution in [0.3, 0.4) is 0 Å². The minimum absolute atomic E-state index is 0.0767. The van der Waals surface area contributed by atoms with E-state index in [0.29, 0.717) is 22.6 Å². The predicted octanol–water partition coefficient (Wildman–Crippen LogP) is 1.52. The Bertz CT molecular complexity index is 396. The summed E-state index contributed by atoms with van der Waals surface area (Å²) < 4.78 is 10.2. The van der Waals surface area contributed by atoms with Gasteiger partial charge in [-0.25, -0.2) is 0 Å². The Hall–Kier alpha value is -1.81. The molecule has 1 N–H and O–H groups in total. The molecule has 0 bridgehead atoms. The van der Waals surface area contributed by atoms with Crippen molar-refractivity contribution in [2.75, 3.05) is 20.8 Å². The molecule has 16 heavy (non-hydrogen) atoms. The number of aliphatic hydroxyl groups excluding tert-OH is 1. The lowest BCUT2D eigenvalue weighted by atomic mass is 10.1. The Morgan fingerprint density at radius 3 is 2.19 bits per heavy atom. The van der Waals surface area contributed by atoms with Gasteiger partial charge in [0, 0.05) is 5.56 Å². The molecule has 0 unspecified atom stereocenters. The minimum atomic E-state index is -0.0767. The lowest BCUT2D eigenvalue weighted by Gasteiger charge is -2.09. The van der Waals surface area contributed by atoms with Gasteiger partial charge < -0.3 is 14.6 Å². The van der Waals surface area contributed by atoms with Gasteiger partial charge in [-0.05, 0) is 17.7 Å². The van der Waals surface area contributed by atoms with Crippen molar-refractivity contribution < 1.29 is 19.4 Å². The van der Waals surface area contributed by atoms with Gasteiger partial charge >= 0.3 is 0 Å². The molecule has 0 aliphatic heterocycles. The van der Waals surface area contributed by atoms with Crippen molar-refractivity contribution in [1.82, 2.24) is 0 Å². The first-order valence-electron chi connectivity index (χ1n) is 4.75. The predicted molar refractivity (Wildman–Crippen MR) is 61.1 cm³/mol. The van der Waals surface area contributed by atoms with E-state index in [-0.39, 0.29) is 6.61 Å². The third-order valence-corrected chi connectivity index (χ3v) is 2.12. The van der Waals surface area contributed by atoms with E-state index in [1.807, 2.05) is 0 Å². The summed E-state index contributed by atoms with van der Waals surface area (Å²) in [5, 5.41) is 8.69. The average molecular weight is 222 g/mol. The molecule has 0 fully saturated rings. The summed E-state index contributed by atoms with van der Waals surface area (Å²) in [4.78, 5) is 10.9. The molecule has 0 heterocycles. The molecule has 1 rings (SSSR count). The Kier molecular flexibility index (Phi) is 4.54. The van der Waals surface area contributed by atoms with Crippen molar-refractivity contribution in [2.24, 2.45) is 0 Å². The number of hydrogen-bond donors (Lipinski definition) is 1. The zero-order chi connectivity index (χ0) is 12.0. The molecule has 4 nitrogen and oxygen atoms in total. The van der Waals surface area contributed by atoms with E-state index in [2.05, 4.69) is 0 Å². The number of aldehydes is 1. The molecule has 86 valence electrons. The van der Waals surface area contributed by atoms with Crippen molar-refractivity contribution in [3.63, 3.8) is 0 Å². The van der Waals surface area contributed by atoms with Crippen molar-refractivity contribution in [2.45, 2.75) is 0 Å². The highest BCUT2D eigenvalue weighted by atomic mass is 16.5. The lowest BCUT2D eigenvalue weighted by molar-refractivity contribution is 0.112. The maximum atomic E-state index is 10.9. The second-order valence-corrected chi connectivity index (χ2v) is 3.04. The van der Waals surface area contributed by atoms with E-state index >= 15 is 0 Å². The van der Waals surface area contributed by atoms with Crippen molar-refractivity contribution in [3.05, 3.63) is 29.3 Å². The van der Waals surface area contributed by atoms with E-state index in [1.165, 1.54) is 14.2 Å². The summed E-state index contributed by atoms with van der Waals surface area (Å²) in [6.45, 7) is -0.0767. The third kappa shape index (κ3) is 2.61. The van der Waals surface area contributed by atoms with Crippen LogP contribution in [0.25, 0.3) is 6.08 Å². The standard InChI is InChI=1S/C12H14O4/c1-15-11-6-9(4-3-5-13)10(8-14)7-12(11)16-2/h3-4,6-8,13H,5H2,1-2H3. The minimum Gasteiger partial charge on any atom is -0.493 e. The molecule has 0 saturated carbocycles. The SMILES string of the molecule is COc1cc(C=O)c(C=CCO)cc1OC. The monoisotopic (exact) mass is 222 g/mol. The molecule has 0 atom stereocenters. The van der Waals surface area contributed by atoms with Crippen LogP contribution in [0.1, 0.15) is 15.9 Å². The molecule has 0 aromatic heterocycles. The number of hydrogen-bond acceptors (Lipinski definition) is 4. The van der Waals surface area contributed by atoms with E-state index in [4.69, 9.17) is 14.6 Å². The summed E-state index contributed by atoms with van der Waals surface area (Å²) >= 11 is 0. The maximum Gasteiger partial charge on any atom is 0.161 e. The highest BCUT2D eigenvalue weighted by Gasteiger charge is 2.08. The Balaban J connectivity index is 3.25. The molecule has 1 aromatic carbocycles. The quantitative estimate of drug-likeness (QED) is 0.767. The van der Waals surface area contributed by atoms with Crippen LogP contribution in [-0.2, 0) is 0 Å². The van der Waals surface area contributed by atoms with Crippen LogP contribution in [0.2, 0.25) is 0 Å². The Morgan fingerprint density at radius 2 is 1.75 bits per heavy atom. The molecule has 1 aromatic rings. The van der Waals surface area contributed by atoms with Crippen molar-refractivity contribution >= 4 is 12.4 Å². The molecular weight excluding hydrogens is 208 g/mol. The van der Waals surface area contributed by atoms with Crippen LogP contribution in [0.15, 0.2) is 18.2 Å². The molecular formula is C12H14O4. The topological polar surface area (TPSA) is 55.8 Å². The zero-order valence-electron chi connectivity index (χ0n) is 9.27. The van der Waals surface area contributed by atoms with Gasteiger partial charge in [-0.15, -0.1) is 0 Å². The summed E-state index contributed by atoms with van der Waals surface area (Å²) in [6, 6.07) is 3.29. The highest BCUT2D eigenvalue weighted by Crippen LogP contribution is 2.30. The number of carbonyl (C=O) groups excluding carboxylic acids is 1. The maximum absolute atomic E-state index is 10.9. The van der Waals surface area contributed by atoms with Gasteiger partial charge in [0.1, 0.15) is 0 Å². The lowest BCUT2D eigenvalue weighted by Crippen LogP contribution is -1.95. The van der Waals surface area contributed by atoms with Gasteiger partial charge in [-0.1, -0.05) is 12.2 Å². The van der Waals surface area contributed by atoms with Crippen molar-refractivity contribution in [3.8, 4) is 11.5 Å². The van der Waals surface area contributed by atoms with Crippen LogP contribution in [0.5, 0.6) is 11.5 Å². The number of methoxy groups -OCH3 is 2. The van der Waals surface area contributed by atoms with Crippen molar-refractivity contribution in [1.29, 1.82) is 0 Å². The van der Waals surface area contributed by atoms with Gasteiger partial charge in [0.2, 0.25) is 0 Å². The van der Waals surface area contributed by atoms with Crippen LogP contribution in [0, 0.1) is 0 Å². The zero-order valence-corrected chi connectivity index (χ0v) is 9.27. The Labute approximate surface area is 94.1 Å². The third-order valence-electron chi connectivity index (χ3n) is 2.12. The van der Waals surface area contributed by atoms with Gasteiger partial charge in [-0.2, -0.15) is 0 Å². The normalized spacial score (nSPS) is 10.4. The van der Waals surface area contributed by atoms with Crippen LogP contribution in [-0.4, -0.2) is 32.2 Å². The molecule has 0 aliphatic rings. The summed E-state index contributed by atoms with van der Waals surface area (Å²) in [5.74, 6) is 1.05. The summed E-state index contributed by atoms with van der Waals surface area (Å²) in [7, 11) is 3.04. The fourth-order valence-electron chi connectivity index (χ4n) is 1.34. The van der Waals surface area contributed by atoms with Gasteiger partial charge in [0.25, 0.3) is 0 Å². The Morgan fingerprint density at radius 1 is 1.19 bits per heavy atom. The van der Waals surface area contributed by atoms with Crippen LogP contribution < -0.4 is 9.47 Å². The second-order valence-electron chi connectivity index (χ2n) is 3.04. The van der Waals surface area contributed by atoms with E-state index < -0.39 is 0 Å². The fourth-order valence-corrected chi connectivity index (χ4v) is 1.34. The number of benzene rings is 1. The number of rotatable bonds is 5. The molecule has 4 heteroatoms. The molecule has 0 spiro atoms. The number of ether oxygens (including phenoxy) is 2. The van der Waals surface area contributed by atoms with Crippen LogP contribution >= 0.6 is 0 Å².